The van der Waals surface area contributed by atoms with Crippen LogP contribution in [-0.2, 0) is 6.54 Å². The lowest BCUT2D eigenvalue weighted by atomic mass is 10.1. The topological polar surface area (TPSA) is 124 Å². The lowest BCUT2D eigenvalue weighted by Crippen LogP contribution is -2.24. The van der Waals surface area contributed by atoms with Crippen LogP contribution < -0.4 is 11.1 Å². The fourth-order valence-corrected chi connectivity index (χ4v) is 1.82. The molecular formula is C13H13N5O3. The van der Waals surface area contributed by atoms with Crippen LogP contribution in [0, 0.1) is 17.0 Å². The third kappa shape index (κ3) is 3.30. The number of rotatable bonds is 4. The van der Waals surface area contributed by atoms with Gasteiger partial charge in [0.1, 0.15) is 11.5 Å². The molecule has 8 nitrogen and oxygen atoms in total. The summed E-state index contributed by atoms with van der Waals surface area (Å²) in [6, 6.07) is 4.71. The summed E-state index contributed by atoms with van der Waals surface area (Å²) in [6.45, 7) is 1.79. The summed E-state index contributed by atoms with van der Waals surface area (Å²) in [5.74, 6) is -0.296. The van der Waals surface area contributed by atoms with Crippen molar-refractivity contribution >= 4 is 17.4 Å². The zero-order valence-corrected chi connectivity index (χ0v) is 11.2. The molecule has 0 unspecified atom stereocenters. The van der Waals surface area contributed by atoms with Gasteiger partial charge in [0.2, 0.25) is 0 Å². The first-order chi connectivity index (χ1) is 9.99. The zero-order chi connectivity index (χ0) is 15.4. The first kappa shape index (κ1) is 14.4. The minimum atomic E-state index is -0.454. The van der Waals surface area contributed by atoms with Crippen molar-refractivity contribution in [3.63, 3.8) is 0 Å². The maximum absolute atomic E-state index is 11.9. The molecule has 0 saturated heterocycles. The van der Waals surface area contributed by atoms with Gasteiger partial charge in [-0.2, -0.15) is 0 Å². The Balaban J connectivity index is 2.12. The van der Waals surface area contributed by atoms with E-state index in [2.05, 4.69) is 15.3 Å². The number of nitro benzene ring substituents is 1. The number of carbonyl (C=O) groups excluding carboxylic acids is 1. The number of carbonyl (C=O) groups is 1. The number of benzene rings is 1. The Kier molecular flexibility index (Phi) is 4.07. The normalized spacial score (nSPS) is 10.1. The van der Waals surface area contributed by atoms with E-state index in [1.807, 2.05) is 0 Å². The van der Waals surface area contributed by atoms with Crippen molar-refractivity contribution in [3.8, 4) is 0 Å². The molecule has 0 aliphatic heterocycles. The third-order valence-corrected chi connectivity index (χ3v) is 2.94. The van der Waals surface area contributed by atoms with Gasteiger partial charge < -0.3 is 11.1 Å². The zero-order valence-electron chi connectivity index (χ0n) is 11.2. The lowest BCUT2D eigenvalue weighted by molar-refractivity contribution is -0.385. The average Bonchev–Trinajstić information content (AvgIpc) is 2.45. The van der Waals surface area contributed by atoms with Gasteiger partial charge in [-0.15, -0.1) is 0 Å². The molecule has 2 aromatic rings. The number of nitrogen functional groups attached to an aromatic ring is 1. The molecular weight excluding hydrogens is 274 g/mol. The van der Waals surface area contributed by atoms with Gasteiger partial charge in [-0.1, -0.05) is 12.1 Å². The van der Waals surface area contributed by atoms with Gasteiger partial charge in [0, 0.05) is 18.2 Å². The highest BCUT2D eigenvalue weighted by atomic mass is 16.6. The van der Waals surface area contributed by atoms with Crippen molar-refractivity contribution in [2.24, 2.45) is 0 Å². The molecule has 1 aromatic heterocycles. The Hall–Kier alpha value is -3.03. The molecule has 0 spiro atoms. The van der Waals surface area contributed by atoms with Crippen LogP contribution in [0.1, 0.15) is 21.6 Å². The van der Waals surface area contributed by atoms with Crippen LogP contribution in [0.25, 0.3) is 0 Å². The van der Waals surface area contributed by atoms with E-state index in [1.165, 1.54) is 18.5 Å². The van der Waals surface area contributed by atoms with Crippen molar-refractivity contribution in [3.05, 3.63) is 57.5 Å². The molecule has 108 valence electrons. The van der Waals surface area contributed by atoms with Crippen LogP contribution >= 0.6 is 0 Å². The molecule has 1 amide bonds. The average molecular weight is 287 g/mol. The highest BCUT2D eigenvalue weighted by Crippen LogP contribution is 2.20. The van der Waals surface area contributed by atoms with Crippen LogP contribution in [-0.4, -0.2) is 20.8 Å². The fraction of sp³-hybridized carbons (Fsp3) is 0.154. The SMILES string of the molecule is Cc1c(CNC(=O)c2cncc(N)n2)cccc1[N+](=O)[O-]. The molecule has 21 heavy (non-hydrogen) atoms. The number of nitrogens with two attached hydrogens (primary N) is 1. The molecule has 1 heterocycles. The maximum Gasteiger partial charge on any atom is 0.272 e. The second kappa shape index (κ2) is 5.95. The molecule has 0 radical (unpaired) electrons. The molecule has 3 N–H and O–H groups in total. The molecule has 0 atom stereocenters. The molecule has 0 bridgehead atoms. The number of hydrogen-bond donors (Lipinski definition) is 2. The maximum atomic E-state index is 11.9. The molecule has 0 aliphatic rings. The monoisotopic (exact) mass is 287 g/mol. The largest absolute Gasteiger partial charge is 0.382 e. The van der Waals surface area contributed by atoms with Gasteiger partial charge in [0.05, 0.1) is 17.3 Å². The van der Waals surface area contributed by atoms with E-state index in [4.69, 9.17) is 5.73 Å². The smallest absolute Gasteiger partial charge is 0.272 e. The van der Waals surface area contributed by atoms with Crippen LogP contribution in [0.2, 0.25) is 0 Å². The molecule has 0 fully saturated rings. The number of anilines is 1. The first-order valence-corrected chi connectivity index (χ1v) is 6.07. The summed E-state index contributed by atoms with van der Waals surface area (Å²) in [5, 5.41) is 13.5. The van der Waals surface area contributed by atoms with E-state index >= 15 is 0 Å². The number of amides is 1. The Bertz CT molecular complexity index is 702. The number of aromatic nitrogens is 2. The number of nitrogens with zero attached hydrogens (tertiary/aromatic N) is 3. The number of nitro groups is 1. The van der Waals surface area contributed by atoms with Gasteiger partial charge in [-0.05, 0) is 12.5 Å². The Morgan fingerprint density at radius 2 is 2.19 bits per heavy atom. The van der Waals surface area contributed by atoms with Gasteiger partial charge in [0.15, 0.2) is 0 Å². The molecule has 0 saturated carbocycles. The fourth-order valence-electron chi connectivity index (χ4n) is 1.82. The minimum absolute atomic E-state index is 0.0190. The van der Waals surface area contributed by atoms with E-state index < -0.39 is 10.8 Å². The third-order valence-electron chi connectivity index (χ3n) is 2.94. The molecule has 0 aliphatic carbocycles. The number of nitrogens with one attached hydrogen (secondary N) is 1. The lowest BCUT2D eigenvalue weighted by Gasteiger charge is -2.08. The van der Waals surface area contributed by atoms with Crippen molar-refractivity contribution in [2.45, 2.75) is 13.5 Å². The summed E-state index contributed by atoms with van der Waals surface area (Å²) in [7, 11) is 0. The van der Waals surface area contributed by atoms with Crippen LogP contribution in [0.4, 0.5) is 11.5 Å². The van der Waals surface area contributed by atoms with Crippen molar-refractivity contribution in [2.75, 3.05) is 5.73 Å². The highest BCUT2D eigenvalue weighted by molar-refractivity contribution is 5.92. The quantitative estimate of drug-likeness (QED) is 0.643. The second-order valence-electron chi connectivity index (χ2n) is 4.33. The van der Waals surface area contributed by atoms with E-state index in [0.29, 0.717) is 11.1 Å². The summed E-state index contributed by atoms with van der Waals surface area (Å²) in [4.78, 5) is 29.9. The van der Waals surface area contributed by atoms with E-state index in [-0.39, 0.29) is 23.7 Å². The van der Waals surface area contributed by atoms with Crippen molar-refractivity contribution in [1.29, 1.82) is 0 Å². The van der Waals surface area contributed by atoms with Gasteiger partial charge in [-0.25, -0.2) is 4.98 Å². The predicted molar refractivity (Wildman–Crippen MR) is 75.4 cm³/mol. The summed E-state index contributed by atoms with van der Waals surface area (Å²) >= 11 is 0. The van der Waals surface area contributed by atoms with Gasteiger partial charge in [-0.3, -0.25) is 19.9 Å². The van der Waals surface area contributed by atoms with Crippen molar-refractivity contribution in [1.82, 2.24) is 15.3 Å². The highest BCUT2D eigenvalue weighted by Gasteiger charge is 2.14. The van der Waals surface area contributed by atoms with Crippen LogP contribution in [0.5, 0.6) is 0 Å². The van der Waals surface area contributed by atoms with Crippen LogP contribution in [0.15, 0.2) is 30.6 Å². The minimum Gasteiger partial charge on any atom is -0.382 e. The second-order valence-corrected chi connectivity index (χ2v) is 4.33. The summed E-state index contributed by atoms with van der Waals surface area (Å²) in [5.41, 5.74) is 6.74. The summed E-state index contributed by atoms with van der Waals surface area (Å²) < 4.78 is 0. The Labute approximate surface area is 120 Å². The van der Waals surface area contributed by atoms with Gasteiger partial charge in [0.25, 0.3) is 11.6 Å². The predicted octanol–water partition coefficient (Wildman–Crippen LogP) is 1.21. The first-order valence-electron chi connectivity index (χ1n) is 6.07. The number of hydrogen-bond acceptors (Lipinski definition) is 6. The molecule has 1 aromatic carbocycles. The molecule has 8 heteroatoms. The van der Waals surface area contributed by atoms with Gasteiger partial charge >= 0.3 is 0 Å². The molecule has 2 rings (SSSR count). The van der Waals surface area contributed by atoms with E-state index in [9.17, 15) is 14.9 Å². The van der Waals surface area contributed by atoms with Crippen molar-refractivity contribution < 1.29 is 9.72 Å². The van der Waals surface area contributed by atoms with E-state index in [1.54, 1.807) is 19.1 Å². The standard InChI is InChI=1S/C13H13N5O3/c1-8-9(3-2-4-11(8)18(20)21)5-16-13(19)10-6-15-7-12(14)17-10/h2-4,6-7H,5H2,1H3,(H2,14,17)(H,16,19). The van der Waals surface area contributed by atoms with E-state index in [0.717, 1.165) is 0 Å². The van der Waals surface area contributed by atoms with Crippen LogP contribution in [0.3, 0.4) is 0 Å². The Morgan fingerprint density at radius 1 is 1.43 bits per heavy atom. The Morgan fingerprint density at radius 3 is 2.86 bits per heavy atom. The summed E-state index contributed by atoms with van der Waals surface area (Å²) in [6.07, 6.45) is 2.63.